The second kappa shape index (κ2) is 4.75. The Morgan fingerprint density at radius 1 is 1.32 bits per heavy atom. The maximum absolute atomic E-state index is 9.46. The number of nitrogens with zero attached hydrogens (tertiary/aromatic N) is 3. The summed E-state index contributed by atoms with van der Waals surface area (Å²) in [5, 5.41) is 17.8. The van der Waals surface area contributed by atoms with Gasteiger partial charge in [0, 0.05) is 12.3 Å². The molecule has 2 aromatic rings. The van der Waals surface area contributed by atoms with Gasteiger partial charge in [0.05, 0.1) is 0 Å². The van der Waals surface area contributed by atoms with E-state index in [2.05, 4.69) is 10.2 Å². The molecule has 0 aliphatic carbocycles. The van der Waals surface area contributed by atoms with E-state index in [-0.39, 0.29) is 6.61 Å². The number of rotatable bonds is 3. The maximum Gasteiger partial charge on any atom is 0.169 e. The Kier molecular flexibility index (Phi) is 3.08. The minimum absolute atomic E-state index is 0.141. The molecule has 0 bridgehead atoms. The van der Waals surface area contributed by atoms with Crippen LogP contribution in [0.2, 0.25) is 0 Å². The van der Waals surface area contributed by atoms with Gasteiger partial charge in [0.2, 0.25) is 0 Å². The lowest BCUT2D eigenvalue weighted by molar-refractivity contribution is 0.00772. The van der Waals surface area contributed by atoms with Crippen LogP contribution in [0.15, 0.2) is 30.3 Å². The van der Waals surface area contributed by atoms with E-state index >= 15 is 0 Å². The normalized spacial score (nSPS) is 22.8. The van der Waals surface area contributed by atoms with Crippen LogP contribution in [0.25, 0.3) is 5.69 Å². The number of para-hydroxylation sites is 1. The van der Waals surface area contributed by atoms with Gasteiger partial charge in [-0.2, -0.15) is 0 Å². The molecule has 1 saturated heterocycles. The molecule has 5 nitrogen and oxygen atoms in total. The van der Waals surface area contributed by atoms with Gasteiger partial charge in [-0.3, -0.25) is 4.57 Å². The first kappa shape index (κ1) is 12.3. The predicted octanol–water partition coefficient (Wildman–Crippen LogP) is 1.79. The highest BCUT2D eigenvalue weighted by Gasteiger charge is 2.37. The fourth-order valence-corrected chi connectivity index (χ4v) is 2.57. The number of aromatic nitrogens is 3. The zero-order chi connectivity index (χ0) is 13.3. The minimum atomic E-state index is -0.420. The average molecular weight is 259 g/mol. The van der Waals surface area contributed by atoms with Gasteiger partial charge in [0.15, 0.2) is 11.6 Å². The molecule has 1 aromatic heterocycles. The zero-order valence-electron chi connectivity index (χ0n) is 10.9. The first-order valence-electron chi connectivity index (χ1n) is 6.49. The van der Waals surface area contributed by atoms with Crippen LogP contribution in [-0.4, -0.2) is 26.5 Å². The highest BCUT2D eigenvalue weighted by atomic mass is 16.5. The van der Waals surface area contributed by atoms with Gasteiger partial charge in [-0.25, -0.2) is 0 Å². The standard InChI is InChI=1S/C14H17N3O2/c1-14(8-5-9-19-14)13-16-15-12(10-18)17(13)11-6-3-2-4-7-11/h2-4,6-7,18H,5,8-10H2,1H3. The van der Waals surface area contributed by atoms with Crippen LogP contribution >= 0.6 is 0 Å². The fourth-order valence-electron chi connectivity index (χ4n) is 2.57. The fraction of sp³-hybridized carbons (Fsp3) is 0.429. The van der Waals surface area contributed by atoms with Crippen molar-refractivity contribution in [2.75, 3.05) is 6.61 Å². The highest BCUT2D eigenvalue weighted by Crippen LogP contribution is 2.35. The quantitative estimate of drug-likeness (QED) is 0.912. The highest BCUT2D eigenvalue weighted by molar-refractivity contribution is 5.35. The Balaban J connectivity index is 2.14. The van der Waals surface area contributed by atoms with E-state index in [4.69, 9.17) is 4.74 Å². The van der Waals surface area contributed by atoms with Gasteiger partial charge in [-0.1, -0.05) is 18.2 Å². The SMILES string of the molecule is CC1(c2nnc(CO)n2-c2ccccc2)CCCO1. The Hall–Kier alpha value is -1.72. The largest absolute Gasteiger partial charge is 0.388 e. The second-order valence-electron chi connectivity index (χ2n) is 4.95. The zero-order valence-corrected chi connectivity index (χ0v) is 10.9. The summed E-state index contributed by atoms with van der Waals surface area (Å²) in [5.74, 6) is 1.30. The minimum Gasteiger partial charge on any atom is -0.388 e. The van der Waals surface area contributed by atoms with Crippen LogP contribution < -0.4 is 0 Å². The molecule has 1 N–H and O–H groups in total. The molecular formula is C14H17N3O2. The molecule has 5 heteroatoms. The number of ether oxygens (including phenoxy) is 1. The van der Waals surface area contributed by atoms with Crippen molar-refractivity contribution in [3.8, 4) is 5.69 Å². The third-order valence-electron chi connectivity index (χ3n) is 3.58. The van der Waals surface area contributed by atoms with Gasteiger partial charge in [-0.15, -0.1) is 10.2 Å². The van der Waals surface area contributed by atoms with E-state index in [1.165, 1.54) is 0 Å². The number of aliphatic hydroxyl groups excluding tert-OH is 1. The first-order chi connectivity index (χ1) is 9.24. The summed E-state index contributed by atoms with van der Waals surface area (Å²) < 4.78 is 7.74. The Labute approximate surface area is 111 Å². The molecule has 0 spiro atoms. The molecule has 1 aliphatic heterocycles. The number of hydrogen-bond acceptors (Lipinski definition) is 4. The molecular weight excluding hydrogens is 242 g/mol. The van der Waals surface area contributed by atoms with Crippen LogP contribution in [0.4, 0.5) is 0 Å². The van der Waals surface area contributed by atoms with Gasteiger partial charge >= 0.3 is 0 Å². The Morgan fingerprint density at radius 3 is 2.74 bits per heavy atom. The summed E-state index contributed by atoms with van der Waals surface area (Å²) >= 11 is 0. The van der Waals surface area contributed by atoms with Gasteiger partial charge in [0.1, 0.15) is 12.2 Å². The van der Waals surface area contributed by atoms with Gasteiger partial charge in [0.25, 0.3) is 0 Å². The first-order valence-corrected chi connectivity index (χ1v) is 6.49. The summed E-state index contributed by atoms with van der Waals surface area (Å²) in [7, 11) is 0. The van der Waals surface area contributed by atoms with Crippen molar-refractivity contribution in [3.63, 3.8) is 0 Å². The lowest BCUT2D eigenvalue weighted by Crippen LogP contribution is -2.25. The third-order valence-corrected chi connectivity index (χ3v) is 3.58. The molecule has 100 valence electrons. The summed E-state index contributed by atoms with van der Waals surface area (Å²) in [5.41, 5.74) is 0.527. The third kappa shape index (κ3) is 2.05. The van der Waals surface area contributed by atoms with Crippen molar-refractivity contribution < 1.29 is 9.84 Å². The molecule has 1 aromatic carbocycles. The summed E-state index contributed by atoms with van der Waals surface area (Å²) in [6.07, 6.45) is 1.94. The van der Waals surface area contributed by atoms with Crippen LogP contribution in [0.5, 0.6) is 0 Å². The van der Waals surface area contributed by atoms with E-state index in [9.17, 15) is 5.11 Å². The summed E-state index contributed by atoms with van der Waals surface area (Å²) in [4.78, 5) is 0. The van der Waals surface area contributed by atoms with Crippen molar-refractivity contribution in [3.05, 3.63) is 42.0 Å². The van der Waals surface area contributed by atoms with Gasteiger partial charge < -0.3 is 9.84 Å². The van der Waals surface area contributed by atoms with E-state index in [1.54, 1.807) is 0 Å². The van der Waals surface area contributed by atoms with Crippen molar-refractivity contribution in [1.82, 2.24) is 14.8 Å². The van der Waals surface area contributed by atoms with Crippen molar-refractivity contribution >= 4 is 0 Å². The smallest absolute Gasteiger partial charge is 0.169 e. The van der Waals surface area contributed by atoms with Crippen LogP contribution in [0.1, 0.15) is 31.4 Å². The molecule has 1 unspecified atom stereocenters. The molecule has 2 heterocycles. The number of aliphatic hydroxyl groups is 1. The van der Waals surface area contributed by atoms with E-state index in [1.807, 2.05) is 41.8 Å². The number of benzene rings is 1. The molecule has 0 amide bonds. The topological polar surface area (TPSA) is 60.2 Å². The van der Waals surface area contributed by atoms with Crippen molar-refractivity contribution in [1.29, 1.82) is 0 Å². The molecule has 0 saturated carbocycles. The Morgan fingerprint density at radius 2 is 2.11 bits per heavy atom. The predicted molar refractivity (Wildman–Crippen MR) is 69.8 cm³/mol. The lowest BCUT2D eigenvalue weighted by atomic mass is 10.0. The van der Waals surface area contributed by atoms with Gasteiger partial charge in [-0.05, 0) is 31.9 Å². The van der Waals surface area contributed by atoms with Crippen LogP contribution in [0.3, 0.4) is 0 Å². The average Bonchev–Trinajstić information content (AvgIpc) is 3.06. The maximum atomic E-state index is 9.46. The second-order valence-corrected chi connectivity index (χ2v) is 4.95. The van der Waals surface area contributed by atoms with Crippen LogP contribution in [0, 0.1) is 0 Å². The molecule has 1 atom stereocenters. The summed E-state index contributed by atoms with van der Waals surface area (Å²) in [6.45, 7) is 2.63. The van der Waals surface area contributed by atoms with Crippen molar-refractivity contribution in [2.24, 2.45) is 0 Å². The van der Waals surface area contributed by atoms with E-state index in [0.29, 0.717) is 5.82 Å². The summed E-state index contributed by atoms with van der Waals surface area (Å²) in [6, 6.07) is 9.82. The molecule has 0 radical (unpaired) electrons. The van der Waals surface area contributed by atoms with Crippen LogP contribution in [-0.2, 0) is 16.9 Å². The van der Waals surface area contributed by atoms with E-state index < -0.39 is 5.60 Å². The number of hydrogen-bond donors (Lipinski definition) is 1. The Bertz CT molecular complexity index is 559. The molecule has 1 fully saturated rings. The van der Waals surface area contributed by atoms with E-state index in [0.717, 1.165) is 31.0 Å². The van der Waals surface area contributed by atoms with Crippen molar-refractivity contribution in [2.45, 2.75) is 32.0 Å². The lowest BCUT2D eigenvalue weighted by Gasteiger charge is -2.23. The molecule has 19 heavy (non-hydrogen) atoms. The molecule has 1 aliphatic rings. The molecule has 3 rings (SSSR count). The monoisotopic (exact) mass is 259 g/mol.